The van der Waals surface area contributed by atoms with Crippen LogP contribution in [-0.2, 0) is 9.53 Å². The van der Waals surface area contributed by atoms with Crippen molar-refractivity contribution in [3.05, 3.63) is 0 Å². The fraction of sp³-hybridized carbons (Fsp3) is 0.875. The average Bonchev–Trinajstić information content (AvgIpc) is 2.05. The summed E-state index contributed by atoms with van der Waals surface area (Å²) in [4.78, 5) is 10.3. The lowest BCUT2D eigenvalue weighted by molar-refractivity contribution is -0.137. The molecule has 0 aromatic rings. The van der Waals surface area contributed by atoms with E-state index >= 15 is 0 Å². The molecule has 1 aliphatic rings. The fourth-order valence-electron chi connectivity index (χ4n) is 1.39. The largest absolute Gasteiger partial charge is 0.381 e. The average molecular weight is 213 g/mol. The molecule has 0 aromatic carbocycles. The molecule has 0 unspecified atom stereocenters. The van der Waals surface area contributed by atoms with Crippen molar-refractivity contribution in [1.29, 1.82) is 0 Å². The zero-order chi connectivity index (χ0) is 9.90. The zero-order valence-corrected chi connectivity index (χ0v) is 7.82. The number of hydrogen-bond acceptors (Lipinski definition) is 2. The standard InChI is InChI=1S/C8H11ClF2O2/c9-7(12)8(10,11)5-6-1-3-13-4-2-6/h6H,1-5H2. The molecule has 0 amide bonds. The molecule has 5 heteroatoms. The molecular formula is C8H11ClF2O2. The van der Waals surface area contributed by atoms with E-state index in [1.54, 1.807) is 0 Å². The summed E-state index contributed by atoms with van der Waals surface area (Å²) in [6.45, 7) is 0.994. The number of rotatable bonds is 3. The van der Waals surface area contributed by atoms with Crippen LogP contribution in [0.5, 0.6) is 0 Å². The summed E-state index contributed by atoms with van der Waals surface area (Å²) >= 11 is 4.77. The Morgan fingerprint density at radius 1 is 1.46 bits per heavy atom. The zero-order valence-electron chi connectivity index (χ0n) is 7.06. The lowest BCUT2D eigenvalue weighted by atomic mass is 9.93. The maximum absolute atomic E-state index is 12.8. The van der Waals surface area contributed by atoms with Gasteiger partial charge in [-0.25, -0.2) is 0 Å². The van der Waals surface area contributed by atoms with Gasteiger partial charge in [-0.15, -0.1) is 0 Å². The molecule has 1 fully saturated rings. The first kappa shape index (κ1) is 10.9. The summed E-state index contributed by atoms with van der Waals surface area (Å²) in [5, 5.41) is -1.56. The first-order valence-corrected chi connectivity index (χ1v) is 4.55. The highest BCUT2D eigenvalue weighted by atomic mass is 35.5. The van der Waals surface area contributed by atoms with Gasteiger partial charge in [0, 0.05) is 19.6 Å². The van der Waals surface area contributed by atoms with E-state index in [2.05, 4.69) is 0 Å². The topological polar surface area (TPSA) is 26.3 Å². The molecular weight excluding hydrogens is 202 g/mol. The summed E-state index contributed by atoms with van der Waals surface area (Å²) < 4.78 is 30.6. The van der Waals surface area contributed by atoms with Gasteiger partial charge in [0.05, 0.1) is 0 Å². The van der Waals surface area contributed by atoms with E-state index in [4.69, 9.17) is 16.3 Å². The Morgan fingerprint density at radius 3 is 2.46 bits per heavy atom. The van der Waals surface area contributed by atoms with Gasteiger partial charge in [-0.1, -0.05) is 0 Å². The number of ether oxygens (including phenoxy) is 1. The normalized spacial score (nSPS) is 20.2. The maximum atomic E-state index is 12.8. The highest BCUT2D eigenvalue weighted by molar-refractivity contribution is 6.65. The van der Waals surface area contributed by atoms with E-state index < -0.39 is 17.6 Å². The van der Waals surface area contributed by atoms with E-state index in [1.807, 2.05) is 0 Å². The SMILES string of the molecule is O=C(Cl)C(F)(F)CC1CCOCC1. The molecule has 0 N–H and O–H groups in total. The van der Waals surface area contributed by atoms with Crippen LogP contribution in [0.2, 0.25) is 0 Å². The predicted molar refractivity (Wildman–Crippen MR) is 44.0 cm³/mol. The van der Waals surface area contributed by atoms with Gasteiger partial charge < -0.3 is 4.74 Å². The highest BCUT2D eigenvalue weighted by Crippen LogP contribution is 2.30. The Kier molecular flexibility index (Phi) is 3.62. The lowest BCUT2D eigenvalue weighted by Gasteiger charge is -2.24. The summed E-state index contributed by atoms with van der Waals surface area (Å²) in [6, 6.07) is 0. The van der Waals surface area contributed by atoms with Crippen molar-refractivity contribution in [3.8, 4) is 0 Å². The van der Waals surface area contributed by atoms with Crippen LogP contribution >= 0.6 is 11.6 Å². The van der Waals surface area contributed by atoms with Gasteiger partial charge in [0.1, 0.15) is 0 Å². The first-order chi connectivity index (χ1) is 6.02. The first-order valence-electron chi connectivity index (χ1n) is 4.18. The summed E-state index contributed by atoms with van der Waals surface area (Å²) in [5.41, 5.74) is 0. The van der Waals surface area contributed by atoms with E-state index in [9.17, 15) is 13.6 Å². The summed E-state index contributed by atoms with van der Waals surface area (Å²) in [5.74, 6) is -3.52. The second-order valence-corrected chi connectivity index (χ2v) is 3.58. The Balaban J connectivity index is 2.41. The van der Waals surface area contributed by atoms with Gasteiger partial charge in [0.2, 0.25) is 0 Å². The highest BCUT2D eigenvalue weighted by Gasteiger charge is 2.39. The molecule has 1 rings (SSSR count). The lowest BCUT2D eigenvalue weighted by Crippen LogP contribution is -2.30. The number of carbonyl (C=O) groups is 1. The van der Waals surface area contributed by atoms with Crippen molar-refractivity contribution in [1.82, 2.24) is 0 Å². The predicted octanol–water partition coefficient (Wildman–Crippen LogP) is 2.20. The third-order valence-corrected chi connectivity index (χ3v) is 2.45. The van der Waals surface area contributed by atoms with Crippen LogP contribution in [0.15, 0.2) is 0 Å². The van der Waals surface area contributed by atoms with Gasteiger partial charge in [0.25, 0.3) is 5.24 Å². The monoisotopic (exact) mass is 212 g/mol. The molecule has 1 saturated heterocycles. The van der Waals surface area contributed by atoms with E-state index in [-0.39, 0.29) is 5.92 Å². The third kappa shape index (κ3) is 3.19. The Morgan fingerprint density at radius 2 is 2.00 bits per heavy atom. The molecule has 0 radical (unpaired) electrons. The van der Waals surface area contributed by atoms with Gasteiger partial charge in [-0.2, -0.15) is 8.78 Å². The van der Waals surface area contributed by atoms with E-state index in [0.717, 1.165) is 0 Å². The van der Waals surface area contributed by atoms with Crippen molar-refractivity contribution >= 4 is 16.8 Å². The number of alkyl halides is 2. The van der Waals surface area contributed by atoms with Gasteiger partial charge >= 0.3 is 5.92 Å². The molecule has 0 bridgehead atoms. The third-order valence-electron chi connectivity index (χ3n) is 2.17. The minimum Gasteiger partial charge on any atom is -0.381 e. The molecule has 1 aliphatic heterocycles. The summed E-state index contributed by atoms with van der Waals surface area (Å²) in [6.07, 6.45) is 0.720. The molecule has 76 valence electrons. The van der Waals surface area contributed by atoms with Crippen molar-refractivity contribution in [2.24, 2.45) is 5.92 Å². The van der Waals surface area contributed by atoms with Crippen LogP contribution in [0.3, 0.4) is 0 Å². The minimum absolute atomic E-state index is 0.147. The molecule has 0 aromatic heterocycles. The quantitative estimate of drug-likeness (QED) is 0.671. The van der Waals surface area contributed by atoms with Crippen molar-refractivity contribution in [3.63, 3.8) is 0 Å². The van der Waals surface area contributed by atoms with Gasteiger partial charge in [-0.3, -0.25) is 4.79 Å². The second kappa shape index (κ2) is 4.33. The summed E-state index contributed by atoms with van der Waals surface area (Å²) in [7, 11) is 0. The fourth-order valence-corrected chi connectivity index (χ4v) is 1.47. The molecule has 0 spiro atoms. The molecule has 0 aliphatic carbocycles. The Hall–Kier alpha value is -0.220. The van der Waals surface area contributed by atoms with E-state index in [1.165, 1.54) is 0 Å². The minimum atomic E-state index is -3.37. The van der Waals surface area contributed by atoms with Crippen LogP contribution < -0.4 is 0 Å². The Bertz CT molecular complexity index is 191. The molecule has 13 heavy (non-hydrogen) atoms. The molecule has 1 heterocycles. The van der Waals surface area contributed by atoms with Crippen LogP contribution in [0, 0.1) is 5.92 Å². The second-order valence-electron chi connectivity index (χ2n) is 3.24. The van der Waals surface area contributed by atoms with Gasteiger partial charge in [-0.05, 0) is 30.4 Å². The van der Waals surface area contributed by atoms with Crippen molar-refractivity contribution < 1.29 is 18.3 Å². The van der Waals surface area contributed by atoms with Crippen molar-refractivity contribution in [2.45, 2.75) is 25.2 Å². The number of halogens is 3. The van der Waals surface area contributed by atoms with Crippen LogP contribution in [-0.4, -0.2) is 24.4 Å². The molecule has 0 atom stereocenters. The number of carbonyl (C=O) groups excluding carboxylic acids is 1. The Labute approximate surface area is 80.2 Å². The number of hydrogen-bond donors (Lipinski definition) is 0. The van der Waals surface area contributed by atoms with Crippen LogP contribution in [0.1, 0.15) is 19.3 Å². The van der Waals surface area contributed by atoms with Crippen LogP contribution in [0.4, 0.5) is 8.78 Å². The smallest absolute Gasteiger partial charge is 0.320 e. The van der Waals surface area contributed by atoms with Crippen LogP contribution in [0.25, 0.3) is 0 Å². The van der Waals surface area contributed by atoms with Gasteiger partial charge in [0.15, 0.2) is 0 Å². The maximum Gasteiger partial charge on any atom is 0.320 e. The molecule has 2 nitrogen and oxygen atoms in total. The van der Waals surface area contributed by atoms with Crippen molar-refractivity contribution in [2.75, 3.05) is 13.2 Å². The molecule has 0 saturated carbocycles. The van der Waals surface area contributed by atoms with E-state index in [0.29, 0.717) is 26.1 Å².